The Hall–Kier alpha value is -3.57. The van der Waals surface area contributed by atoms with Gasteiger partial charge in [0.1, 0.15) is 28.5 Å². The van der Waals surface area contributed by atoms with E-state index >= 15 is 0 Å². The first kappa shape index (κ1) is 25.5. The summed E-state index contributed by atoms with van der Waals surface area (Å²) < 4.78 is 11.9. The van der Waals surface area contributed by atoms with Crippen LogP contribution < -0.4 is 5.73 Å². The number of pyridine rings is 1. The Morgan fingerprint density at radius 2 is 2.03 bits per heavy atom. The summed E-state index contributed by atoms with van der Waals surface area (Å²) in [6.07, 6.45) is 0. The number of nitrogens with zero attached hydrogens (tertiary/aromatic N) is 3. The third kappa shape index (κ3) is 5.17. The summed E-state index contributed by atoms with van der Waals surface area (Å²) >= 11 is 6.32. The number of ether oxygens (including phenoxy) is 2. The van der Waals surface area contributed by atoms with Gasteiger partial charge in [0.15, 0.2) is 0 Å². The van der Waals surface area contributed by atoms with Crippen molar-refractivity contribution in [1.82, 2.24) is 4.98 Å². The van der Waals surface area contributed by atoms with Crippen molar-refractivity contribution in [2.45, 2.75) is 17.9 Å². The van der Waals surface area contributed by atoms with Crippen molar-refractivity contribution >= 4 is 45.0 Å². The lowest BCUT2D eigenvalue weighted by Crippen LogP contribution is -2.27. The maximum Gasteiger partial charge on any atom is 0.338 e. The summed E-state index contributed by atoms with van der Waals surface area (Å²) in [5.41, 5.74) is 8.30. The molecule has 0 spiro atoms. The van der Waals surface area contributed by atoms with E-state index in [-0.39, 0.29) is 35.1 Å². The predicted octanol–water partition coefficient (Wildman–Crippen LogP) is 5.86. The van der Waals surface area contributed by atoms with E-state index in [0.717, 1.165) is 10.6 Å². The Labute approximate surface area is 225 Å². The van der Waals surface area contributed by atoms with Crippen LogP contribution in [0.25, 0.3) is 10.6 Å². The Morgan fingerprint density at radius 3 is 2.69 bits per heavy atom. The van der Waals surface area contributed by atoms with E-state index in [9.17, 15) is 15.3 Å². The Kier molecular flexibility index (Phi) is 8.11. The van der Waals surface area contributed by atoms with Gasteiger partial charge in [-0.25, -0.2) is 9.78 Å². The number of halogens is 1. The first-order valence-corrected chi connectivity index (χ1v) is 13.4. The summed E-state index contributed by atoms with van der Waals surface area (Å²) in [6, 6.07) is 19.0. The van der Waals surface area contributed by atoms with Crippen LogP contribution in [0.15, 0.2) is 86.2 Å². The third-order valence-electron chi connectivity index (χ3n) is 5.30. The summed E-state index contributed by atoms with van der Waals surface area (Å²) in [4.78, 5) is 18.8. The average Bonchev–Trinajstić information content (AvgIpc) is 3.42. The highest BCUT2D eigenvalue weighted by Gasteiger charge is 2.38. The molecule has 3 aromatic rings. The first-order chi connectivity index (χ1) is 17.5. The second kappa shape index (κ2) is 11.4. The molecule has 0 amide bonds. The number of aromatic nitrogens is 1. The number of rotatable bonds is 7. The van der Waals surface area contributed by atoms with E-state index in [1.165, 1.54) is 11.8 Å². The van der Waals surface area contributed by atoms with Gasteiger partial charge in [-0.15, -0.1) is 11.3 Å². The molecule has 4 rings (SSSR count). The van der Waals surface area contributed by atoms with Crippen LogP contribution >= 0.6 is 39.0 Å². The number of carbonyl (C=O) groups excluding carboxylic acids is 1. The monoisotopic (exact) mass is 578 g/mol. The Balaban J connectivity index is 1.78. The summed E-state index contributed by atoms with van der Waals surface area (Å²) in [5.74, 6) is -1.07. The highest BCUT2D eigenvalue weighted by Crippen LogP contribution is 2.43. The van der Waals surface area contributed by atoms with Crippen molar-refractivity contribution in [3.05, 3.63) is 92.3 Å². The fourth-order valence-electron chi connectivity index (χ4n) is 3.71. The molecule has 1 aliphatic rings. The first-order valence-electron chi connectivity index (χ1n) is 10.8. The summed E-state index contributed by atoms with van der Waals surface area (Å²) in [7, 11) is 0. The molecule has 0 saturated heterocycles. The zero-order chi connectivity index (χ0) is 25.7. The molecule has 0 aliphatic carbocycles. The van der Waals surface area contributed by atoms with Gasteiger partial charge in [0.25, 0.3) is 0 Å². The highest BCUT2D eigenvalue weighted by atomic mass is 79.9. The minimum Gasteiger partial charge on any atom is -0.463 e. The van der Waals surface area contributed by atoms with E-state index in [1.807, 2.05) is 41.8 Å². The van der Waals surface area contributed by atoms with Gasteiger partial charge in [-0.1, -0.05) is 52.0 Å². The quantitative estimate of drug-likeness (QED) is 0.273. The lowest BCUT2D eigenvalue weighted by atomic mass is 9.83. The minimum atomic E-state index is -0.783. The molecule has 1 atom stereocenters. The van der Waals surface area contributed by atoms with Crippen molar-refractivity contribution in [2.24, 2.45) is 5.73 Å². The topological polar surface area (TPSA) is 122 Å². The van der Waals surface area contributed by atoms with Crippen molar-refractivity contribution in [2.75, 3.05) is 12.4 Å². The second-order valence-corrected chi connectivity index (χ2v) is 10.2. The Morgan fingerprint density at radius 1 is 1.22 bits per heavy atom. The maximum atomic E-state index is 13.2. The van der Waals surface area contributed by atoms with Crippen LogP contribution in [0.1, 0.15) is 24.0 Å². The molecule has 0 bridgehead atoms. The molecule has 7 nitrogen and oxygen atoms in total. The number of nitrogens with two attached hydrogens (primary N) is 1. The van der Waals surface area contributed by atoms with Gasteiger partial charge in [-0.05, 0) is 42.1 Å². The molecule has 1 aliphatic heterocycles. The number of hydrogen-bond acceptors (Lipinski definition) is 9. The van der Waals surface area contributed by atoms with Crippen LogP contribution in [-0.4, -0.2) is 23.3 Å². The Bertz CT molecular complexity index is 1450. The number of benzene rings is 1. The maximum absolute atomic E-state index is 13.2. The molecular formula is C26H19BrN4O3S2. The molecule has 0 fully saturated rings. The number of hydrogen-bond donors (Lipinski definition) is 1. The molecule has 0 radical (unpaired) electrons. The van der Waals surface area contributed by atoms with Crippen LogP contribution in [0.3, 0.4) is 0 Å². The average molecular weight is 580 g/mol. The number of carbonyl (C=O) groups is 1. The molecule has 1 aromatic carbocycles. The highest BCUT2D eigenvalue weighted by molar-refractivity contribution is 9.10. The van der Waals surface area contributed by atoms with Gasteiger partial charge in [0, 0.05) is 4.47 Å². The lowest BCUT2D eigenvalue weighted by Gasteiger charge is -2.28. The molecule has 2 aromatic heterocycles. The zero-order valence-corrected chi connectivity index (χ0v) is 22.2. The number of allylic oxidation sites excluding steroid dienone is 1. The van der Waals surface area contributed by atoms with Crippen molar-refractivity contribution in [1.29, 1.82) is 10.5 Å². The SMILES string of the molecule is CCOC(=O)C1=C(CSc2nc(-c3cccs3)ccc2C#N)OC(N)=C(C#N)[C@@H]1c1ccccc1Br. The summed E-state index contributed by atoms with van der Waals surface area (Å²) in [6.45, 7) is 1.86. The smallest absolute Gasteiger partial charge is 0.338 e. The van der Waals surface area contributed by atoms with Gasteiger partial charge >= 0.3 is 5.97 Å². The molecule has 36 heavy (non-hydrogen) atoms. The predicted molar refractivity (Wildman–Crippen MR) is 141 cm³/mol. The van der Waals surface area contributed by atoms with Gasteiger partial charge < -0.3 is 15.2 Å². The van der Waals surface area contributed by atoms with Crippen LogP contribution in [0.5, 0.6) is 0 Å². The molecule has 10 heteroatoms. The van der Waals surface area contributed by atoms with E-state index in [0.29, 0.717) is 20.6 Å². The number of thiophene rings is 1. The van der Waals surface area contributed by atoms with Crippen molar-refractivity contribution in [3.63, 3.8) is 0 Å². The fourth-order valence-corrected chi connectivity index (χ4v) is 5.83. The van der Waals surface area contributed by atoms with Crippen LogP contribution in [0, 0.1) is 22.7 Å². The molecular weight excluding hydrogens is 560 g/mol. The largest absolute Gasteiger partial charge is 0.463 e. The van der Waals surface area contributed by atoms with Gasteiger partial charge in [-0.2, -0.15) is 10.5 Å². The van der Waals surface area contributed by atoms with Gasteiger partial charge in [0.2, 0.25) is 5.88 Å². The third-order valence-corrected chi connectivity index (χ3v) is 7.91. The van der Waals surface area contributed by atoms with E-state index in [1.54, 1.807) is 30.4 Å². The summed E-state index contributed by atoms with van der Waals surface area (Å²) in [5, 5.41) is 22.0. The van der Waals surface area contributed by atoms with E-state index < -0.39 is 11.9 Å². The molecule has 2 N–H and O–H groups in total. The van der Waals surface area contributed by atoms with E-state index in [2.05, 4.69) is 33.1 Å². The number of esters is 1. The number of thioether (sulfide) groups is 1. The lowest BCUT2D eigenvalue weighted by molar-refractivity contribution is -0.139. The van der Waals surface area contributed by atoms with Gasteiger partial charge in [0.05, 0.1) is 40.0 Å². The minimum absolute atomic E-state index is 0.0808. The van der Waals surface area contributed by atoms with E-state index in [4.69, 9.17) is 15.2 Å². The number of nitriles is 2. The van der Waals surface area contributed by atoms with Crippen molar-refractivity contribution in [3.8, 4) is 22.7 Å². The molecule has 0 saturated carbocycles. The van der Waals surface area contributed by atoms with Crippen LogP contribution in [-0.2, 0) is 14.3 Å². The normalized spacial score (nSPS) is 15.2. The fraction of sp³-hybridized carbons (Fsp3) is 0.154. The molecule has 3 heterocycles. The second-order valence-electron chi connectivity index (χ2n) is 7.43. The standard InChI is InChI=1S/C26H19BrN4O3S2/c1-2-33-26(32)23-20(34-24(30)17(13-29)22(23)16-6-3-4-7-18(16)27)14-36-25-15(12-28)9-10-19(31-25)21-8-5-11-35-21/h3-11,22H,2,14,30H2,1H3/t22-/m0/s1. The van der Waals surface area contributed by atoms with Crippen LogP contribution in [0.4, 0.5) is 0 Å². The molecule has 180 valence electrons. The van der Waals surface area contributed by atoms with Crippen molar-refractivity contribution < 1.29 is 14.3 Å². The van der Waals surface area contributed by atoms with Crippen LogP contribution in [0.2, 0.25) is 0 Å². The molecule has 0 unspecified atom stereocenters. The van der Waals surface area contributed by atoms with Gasteiger partial charge in [-0.3, -0.25) is 0 Å². The zero-order valence-electron chi connectivity index (χ0n) is 19.0.